The van der Waals surface area contributed by atoms with Crippen molar-refractivity contribution in [3.63, 3.8) is 0 Å². The van der Waals surface area contributed by atoms with Gasteiger partial charge in [-0.1, -0.05) is 49.9 Å². The lowest BCUT2D eigenvalue weighted by Gasteiger charge is -2.15. The van der Waals surface area contributed by atoms with Crippen molar-refractivity contribution in [3.8, 4) is 11.1 Å². The van der Waals surface area contributed by atoms with Crippen LogP contribution in [0.1, 0.15) is 50.0 Å². The second-order valence-electron chi connectivity index (χ2n) is 5.51. The fraction of sp³-hybridized carbons (Fsp3) is 0.438. The first-order valence-electron chi connectivity index (χ1n) is 7.24. The summed E-state index contributed by atoms with van der Waals surface area (Å²) in [6.45, 7) is 0. The zero-order chi connectivity index (χ0) is 13.1. The Hall–Kier alpha value is -1.77. The Labute approximate surface area is 114 Å². The number of anilines is 1. The van der Waals surface area contributed by atoms with Crippen molar-refractivity contribution in [3.05, 3.63) is 36.0 Å². The highest BCUT2D eigenvalue weighted by Crippen LogP contribution is 2.34. The number of rotatable bonds is 2. The molecule has 1 aromatic heterocycles. The summed E-state index contributed by atoms with van der Waals surface area (Å²) in [5, 5.41) is 6.81. The molecule has 1 aliphatic carbocycles. The van der Waals surface area contributed by atoms with Crippen LogP contribution in [-0.4, -0.2) is 10.2 Å². The molecule has 0 bridgehead atoms. The van der Waals surface area contributed by atoms with Gasteiger partial charge in [-0.25, -0.2) is 0 Å². The molecule has 0 saturated heterocycles. The van der Waals surface area contributed by atoms with Crippen molar-refractivity contribution in [2.75, 3.05) is 5.73 Å². The summed E-state index contributed by atoms with van der Waals surface area (Å²) in [4.78, 5) is 0. The van der Waals surface area contributed by atoms with Gasteiger partial charge >= 0.3 is 0 Å². The first-order valence-corrected chi connectivity index (χ1v) is 7.24. The van der Waals surface area contributed by atoms with Crippen LogP contribution in [0.3, 0.4) is 0 Å². The fourth-order valence-electron chi connectivity index (χ4n) is 3.10. The highest BCUT2D eigenvalue weighted by Gasteiger charge is 2.15. The molecule has 1 saturated carbocycles. The highest BCUT2D eigenvalue weighted by molar-refractivity contribution is 5.73. The molecule has 1 aliphatic rings. The molecule has 0 spiro atoms. The number of hydrogen-bond acceptors (Lipinski definition) is 2. The standard InChI is InChI=1S/C16H21N3/c17-16-15(11-18-19-16)14-9-5-8-13(10-14)12-6-3-1-2-4-7-12/h5,8-12H,1-4,6-7H2,(H3,17,18,19). The Kier molecular flexibility index (Phi) is 3.53. The fourth-order valence-corrected chi connectivity index (χ4v) is 3.10. The molecule has 1 aromatic carbocycles. The van der Waals surface area contributed by atoms with Gasteiger partial charge in [-0.2, -0.15) is 5.10 Å². The van der Waals surface area contributed by atoms with E-state index in [0.29, 0.717) is 5.82 Å². The van der Waals surface area contributed by atoms with Crippen LogP contribution in [-0.2, 0) is 0 Å². The molecule has 0 unspecified atom stereocenters. The summed E-state index contributed by atoms with van der Waals surface area (Å²) < 4.78 is 0. The van der Waals surface area contributed by atoms with E-state index in [1.54, 1.807) is 0 Å². The van der Waals surface area contributed by atoms with E-state index in [1.807, 2.05) is 6.20 Å². The largest absolute Gasteiger partial charge is 0.384 e. The van der Waals surface area contributed by atoms with E-state index in [4.69, 9.17) is 5.73 Å². The predicted molar refractivity (Wildman–Crippen MR) is 78.9 cm³/mol. The molecule has 3 N–H and O–H groups in total. The van der Waals surface area contributed by atoms with Gasteiger partial charge in [-0.15, -0.1) is 0 Å². The van der Waals surface area contributed by atoms with Gasteiger partial charge in [0, 0.05) is 5.56 Å². The monoisotopic (exact) mass is 255 g/mol. The Balaban J connectivity index is 1.89. The number of H-pyrrole nitrogens is 1. The third-order valence-corrected chi connectivity index (χ3v) is 4.19. The zero-order valence-corrected chi connectivity index (χ0v) is 11.2. The summed E-state index contributed by atoms with van der Waals surface area (Å²) in [6.07, 6.45) is 9.97. The molecule has 0 radical (unpaired) electrons. The maximum Gasteiger partial charge on any atom is 0.126 e. The number of nitrogens with zero attached hydrogens (tertiary/aromatic N) is 1. The molecule has 0 atom stereocenters. The average Bonchev–Trinajstić information content (AvgIpc) is 2.71. The highest BCUT2D eigenvalue weighted by atomic mass is 15.1. The first kappa shape index (κ1) is 12.3. The van der Waals surface area contributed by atoms with Gasteiger partial charge in [-0.05, 0) is 29.9 Å². The molecular weight excluding hydrogens is 234 g/mol. The number of nitrogens with two attached hydrogens (primary N) is 1. The summed E-state index contributed by atoms with van der Waals surface area (Å²) in [5.74, 6) is 1.37. The van der Waals surface area contributed by atoms with Crippen LogP contribution in [0.5, 0.6) is 0 Å². The van der Waals surface area contributed by atoms with Crippen LogP contribution in [0.15, 0.2) is 30.5 Å². The third-order valence-electron chi connectivity index (χ3n) is 4.19. The van der Waals surface area contributed by atoms with Crippen LogP contribution < -0.4 is 5.73 Å². The van der Waals surface area contributed by atoms with E-state index in [0.717, 1.165) is 11.5 Å². The molecule has 3 heteroatoms. The molecule has 2 aromatic rings. The van der Waals surface area contributed by atoms with Crippen molar-refractivity contribution >= 4 is 5.82 Å². The van der Waals surface area contributed by atoms with Gasteiger partial charge in [0.15, 0.2) is 0 Å². The first-order chi connectivity index (χ1) is 9.34. The van der Waals surface area contributed by atoms with Crippen LogP contribution >= 0.6 is 0 Å². The Bertz CT molecular complexity index is 536. The van der Waals surface area contributed by atoms with E-state index in [9.17, 15) is 0 Å². The van der Waals surface area contributed by atoms with E-state index < -0.39 is 0 Å². The van der Waals surface area contributed by atoms with Gasteiger partial charge in [-0.3, -0.25) is 5.10 Å². The number of aromatic amines is 1. The van der Waals surface area contributed by atoms with Gasteiger partial charge < -0.3 is 5.73 Å². The van der Waals surface area contributed by atoms with E-state index in [1.165, 1.54) is 49.7 Å². The van der Waals surface area contributed by atoms with Crippen molar-refractivity contribution in [1.82, 2.24) is 10.2 Å². The number of benzene rings is 1. The van der Waals surface area contributed by atoms with Crippen molar-refractivity contribution in [2.24, 2.45) is 0 Å². The van der Waals surface area contributed by atoms with Crippen LogP contribution in [0.4, 0.5) is 5.82 Å². The van der Waals surface area contributed by atoms with Crippen molar-refractivity contribution in [1.29, 1.82) is 0 Å². The number of aromatic nitrogens is 2. The molecular formula is C16H21N3. The topological polar surface area (TPSA) is 54.7 Å². The number of nitrogen functional groups attached to an aromatic ring is 1. The lowest BCUT2D eigenvalue weighted by atomic mass is 9.90. The summed E-state index contributed by atoms with van der Waals surface area (Å²) in [7, 11) is 0. The van der Waals surface area contributed by atoms with E-state index >= 15 is 0 Å². The minimum absolute atomic E-state index is 0.651. The molecule has 0 amide bonds. The summed E-state index contributed by atoms with van der Waals surface area (Å²) >= 11 is 0. The van der Waals surface area contributed by atoms with Gasteiger partial charge in [0.1, 0.15) is 5.82 Å². The molecule has 19 heavy (non-hydrogen) atoms. The quantitative estimate of drug-likeness (QED) is 0.794. The molecule has 3 rings (SSSR count). The second kappa shape index (κ2) is 5.47. The second-order valence-corrected chi connectivity index (χ2v) is 5.51. The number of hydrogen-bond donors (Lipinski definition) is 2. The minimum Gasteiger partial charge on any atom is -0.384 e. The van der Waals surface area contributed by atoms with E-state index in [-0.39, 0.29) is 0 Å². The maximum absolute atomic E-state index is 5.91. The third kappa shape index (κ3) is 2.65. The van der Waals surface area contributed by atoms with Crippen molar-refractivity contribution in [2.45, 2.75) is 44.4 Å². The molecule has 0 aliphatic heterocycles. The number of nitrogens with one attached hydrogen (secondary N) is 1. The lowest BCUT2D eigenvalue weighted by Crippen LogP contribution is -1.97. The molecule has 1 heterocycles. The lowest BCUT2D eigenvalue weighted by molar-refractivity contribution is 0.593. The van der Waals surface area contributed by atoms with Crippen molar-refractivity contribution < 1.29 is 0 Å². The molecule has 1 fully saturated rings. The normalized spacial score (nSPS) is 17.3. The summed E-state index contributed by atoms with van der Waals surface area (Å²) in [5.41, 5.74) is 9.55. The van der Waals surface area contributed by atoms with Gasteiger partial charge in [0.25, 0.3) is 0 Å². The van der Waals surface area contributed by atoms with E-state index in [2.05, 4.69) is 34.5 Å². The van der Waals surface area contributed by atoms with Crippen LogP contribution in [0.2, 0.25) is 0 Å². The van der Waals surface area contributed by atoms with Crippen LogP contribution in [0.25, 0.3) is 11.1 Å². The van der Waals surface area contributed by atoms with Gasteiger partial charge in [0.05, 0.1) is 6.20 Å². The zero-order valence-electron chi connectivity index (χ0n) is 11.2. The SMILES string of the molecule is Nc1[nH]ncc1-c1cccc(C2CCCCCC2)c1. The smallest absolute Gasteiger partial charge is 0.126 e. The molecule has 100 valence electrons. The molecule has 3 nitrogen and oxygen atoms in total. The van der Waals surface area contributed by atoms with Gasteiger partial charge in [0.2, 0.25) is 0 Å². The average molecular weight is 255 g/mol. The Morgan fingerprint density at radius 2 is 1.89 bits per heavy atom. The predicted octanol–water partition coefficient (Wildman–Crippen LogP) is 4.10. The van der Waals surface area contributed by atoms with Crippen LogP contribution in [0, 0.1) is 0 Å². The summed E-state index contributed by atoms with van der Waals surface area (Å²) in [6, 6.07) is 8.80. The Morgan fingerprint density at radius 3 is 2.58 bits per heavy atom. The Morgan fingerprint density at radius 1 is 1.11 bits per heavy atom. The minimum atomic E-state index is 0.651. The maximum atomic E-state index is 5.91.